The Morgan fingerprint density at radius 3 is 2.31 bits per heavy atom. The number of aromatic hydroxyl groups is 1. The summed E-state index contributed by atoms with van der Waals surface area (Å²) in [5.74, 6) is 0.737. The third-order valence-electron chi connectivity index (χ3n) is 6.93. The van der Waals surface area contributed by atoms with Crippen LogP contribution in [0.4, 0.5) is 5.95 Å². The van der Waals surface area contributed by atoms with E-state index in [-0.39, 0.29) is 16.8 Å². The van der Waals surface area contributed by atoms with Crippen molar-refractivity contribution in [3.8, 4) is 28.1 Å². The number of rotatable bonds is 4. The van der Waals surface area contributed by atoms with Crippen LogP contribution in [0.3, 0.4) is 0 Å². The zero-order valence-electron chi connectivity index (χ0n) is 21.2. The molecule has 0 saturated carbocycles. The van der Waals surface area contributed by atoms with E-state index in [9.17, 15) is 5.11 Å². The number of aryl methyl sites for hydroxylation is 1. The highest BCUT2D eigenvalue weighted by Gasteiger charge is 2.39. The van der Waals surface area contributed by atoms with Crippen LogP contribution in [0.25, 0.3) is 33.3 Å². The van der Waals surface area contributed by atoms with Crippen molar-refractivity contribution in [3.05, 3.63) is 48.8 Å². The van der Waals surface area contributed by atoms with Crippen LogP contribution in [0.2, 0.25) is 0 Å². The van der Waals surface area contributed by atoms with E-state index in [1.165, 1.54) is 0 Å². The minimum Gasteiger partial charge on any atom is -0.507 e. The molecule has 1 aliphatic heterocycles. The number of aromatic nitrogens is 5. The second kappa shape index (κ2) is 8.30. The monoisotopic (exact) mass is 471 g/mol. The van der Waals surface area contributed by atoms with Crippen LogP contribution in [0.5, 0.6) is 5.75 Å². The molecule has 0 radical (unpaired) electrons. The maximum atomic E-state index is 10.8. The lowest BCUT2D eigenvalue weighted by Gasteiger charge is -2.48. The smallest absolute Gasteiger partial charge is 0.245 e. The van der Waals surface area contributed by atoms with Gasteiger partial charge in [0.05, 0.1) is 17.9 Å². The highest BCUT2D eigenvalue weighted by Crippen LogP contribution is 2.35. The van der Waals surface area contributed by atoms with Gasteiger partial charge in [-0.15, -0.1) is 10.2 Å². The van der Waals surface area contributed by atoms with Crippen LogP contribution >= 0.6 is 0 Å². The van der Waals surface area contributed by atoms with Gasteiger partial charge in [-0.3, -0.25) is 4.68 Å². The van der Waals surface area contributed by atoms with Crippen molar-refractivity contribution < 1.29 is 5.11 Å². The fraction of sp³-hybridized carbons (Fsp3) is 0.407. The first-order valence-corrected chi connectivity index (χ1v) is 12.0. The lowest BCUT2D eigenvalue weighted by molar-refractivity contribution is 0.160. The van der Waals surface area contributed by atoms with Gasteiger partial charge in [-0.05, 0) is 75.9 Å². The summed E-state index contributed by atoms with van der Waals surface area (Å²) in [6, 6.07) is 12.1. The second-order valence-corrected chi connectivity index (χ2v) is 11.0. The molecule has 1 saturated heterocycles. The quantitative estimate of drug-likeness (QED) is 0.451. The lowest BCUT2D eigenvalue weighted by Crippen LogP contribution is -2.62. The molecule has 2 aromatic heterocycles. The summed E-state index contributed by atoms with van der Waals surface area (Å²) in [5.41, 5.74) is 4.21. The normalized spacial score (nSPS) is 17.5. The summed E-state index contributed by atoms with van der Waals surface area (Å²) < 4.78 is 1.85. The molecule has 1 aliphatic rings. The summed E-state index contributed by atoms with van der Waals surface area (Å²) >= 11 is 0. The minimum atomic E-state index is 0.0309. The van der Waals surface area contributed by atoms with Crippen molar-refractivity contribution >= 4 is 16.9 Å². The van der Waals surface area contributed by atoms with Gasteiger partial charge in [-0.2, -0.15) is 5.10 Å². The van der Waals surface area contributed by atoms with Gasteiger partial charge >= 0.3 is 0 Å². The van der Waals surface area contributed by atoms with Crippen molar-refractivity contribution in [3.63, 3.8) is 0 Å². The summed E-state index contributed by atoms with van der Waals surface area (Å²) in [5, 5.41) is 28.7. The topological polar surface area (TPSA) is 92.0 Å². The van der Waals surface area contributed by atoms with Crippen LogP contribution in [-0.4, -0.2) is 54.2 Å². The Kier molecular flexibility index (Phi) is 5.51. The van der Waals surface area contributed by atoms with E-state index >= 15 is 0 Å². The predicted molar refractivity (Wildman–Crippen MR) is 139 cm³/mol. The Morgan fingerprint density at radius 2 is 1.66 bits per heavy atom. The number of fused-ring (bicyclic) bond motifs is 1. The summed E-state index contributed by atoms with van der Waals surface area (Å²) in [6.07, 6.45) is 5.52. The number of piperidine rings is 1. The largest absolute Gasteiger partial charge is 0.507 e. The molecule has 1 fully saturated rings. The Balaban J connectivity index is 1.37. The average Bonchev–Trinajstić information content (AvgIpc) is 3.17. The molecule has 0 bridgehead atoms. The molecule has 35 heavy (non-hydrogen) atoms. The van der Waals surface area contributed by atoms with Gasteiger partial charge in [0.2, 0.25) is 5.95 Å². The van der Waals surface area contributed by atoms with E-state index in [4.69, 9.17) is 0 Å². The van der Waals surface area contributed by atoms with Crippen LogP contribution in [0.1, 0.15) is 40.5 Å². The summed E-state index contributed by atoms with van der Waals surface area (Å²) in [4.78, 5) is 6.72. The number of hydrogen-bond donors (Lipinski definition) is 2. The van der Waals surface area contributed by atoms with Gasteiger partial charge in [0, 0.05) is 42.2 Å². The maximum Gasteiger partial charge on any atom is 0.245 e. The number of anilines is 1. The van der Waals surface area contributed by atoms with Crippen LogP contribution < -0.4 is 10.2 Å². The molecule has 2 aromatic carbocycles. The van der Waals surface area contributed by atoms with Gasteiger partial charge in [0.25, 0.3) is 0 Å². The summed E-state index contributed by atoms with van der Waals surface area (Å²) in [7, 11) is 3.96. The highest BCUT2D eigenvalue weighted by molar-refractivity contribution is 5.85. The molecule has 4 aromatic rings. The molecule has 8 heteroatoms. The van der Waals surface area contributed by atoms with Gasteiger partial charge in [-0.25, -0.2) is 4.98 Å². The molecule has 0 spiro atoms. The Bertz CT molecular complexity index is 1360. The predicted octanol–water partition coefficient (Wildman–Crippen LogP) is 4.54. The first-order valence-electron chi connectivity index (χ1n) is 12.0. The molecular formula is C27H33N7O. The van der Waals surface area contributed by atoms with Crippen molar-refractivity contribution in [2.75, 3.05) is 11.9 Å². The van der Waals surface area contributed by atoms with Crippen molar-refractivity contribution in [2.45, 2.75) is 57.7 Å². The Labute approximate surface area is 206 Å². The second-order valence-electron chi connectivity index (χ2n) is 11.0. The number of phenols is 1. The first-order chi connectivity index (χ1) is 16.5. The van der Waals surface area contributed by atoms with Gasteiger partial charge in [-0.1, -0.05) is 12.1 Å². The zero-order valence-corrected chi connectivity index (χ0v) is 21.2. The molecule has 5 rings (SSSR count). The number of nitrogens with zero attached hydrogens (tertiary/aromatic N) is 6. The van der Waals surface area contributed by atoms with Gasteiger partial charge in [0.15, 0.2) is 0 Å². The van der Waals surface area contributed by atoms with E-state index in [1.807, 2.05) is 49.2 Å². The highest BCUT2D eigenvalue weighted by atomic mass is 16.3. The lowest BCUT2D eigenvalue weighted by atomic mass is 9.79. The van der Waals surface area contributed by atoms with Crippen molar-refractivity contribution in [2.24, 2.45) is 7.05 Å². The molecule has 182 valence electrons. The van der Waals surface area contributed by atoms with Crippen molar-refractivity contribution in [1.29, 1.82) is 0 Å². The van der Waals surface area contributed by atoms with Crippen LogP contribution in [0, 0.1) is 0 Å². The molecule has 8 nitrogen and oxygen atoms in total. The molecule has 0 unspecified atom stereocenters. The number of nitrogens with one attached hydrogen (secondary N) is 1. The molecule has 0 amide bonds. The third-order valence-corrected chi connectivity index (χ3v) is 6.93. The van der Waals surface area contributed by atoms with Crippen LogP contribution in [-0.2, 0) is 7.05 Å². The molecule has 3 heterocycles. The van der Waals surface area contributed by atoms with Gasteiger partial charge < -0.3 is 15.3 Å². The van der Waals surface area contributed by atoms with E-state index in [0.717, 1.165) is 34.9 Å². The number of phenolic OH excluding ortho intramolecular Hbond substituents is 1. The zero-order chi connectivity index (χ0) is 25.0. The van der Waals surface area contributed by atoms with E-state index in [0.29, 0.717) is 23.2 Å². The fourth-order valence-electron chi connectivity index (χ4n) is 5.53. The number of benzene rings is 2. The van der Waals surface area contributed by atoms with Crippen molar-refractivity contribution in [1.82, 2.24) is 30.3 Å². The maximum absolute atomic E-state index is 10.8. The number of hydrogen-bond acceptors (Lipinski definition) is 7. The summed E-state index contributed by atoms with van der Waals surface area (Å²) in [6.45, 7) is 8.94. The average molecular weight is 472 g/mol. The third kappa shape index (κ3) is 4.58. The minimum absolute atomic E-state index is 0.0309. The molecular weight excluding hydrogens is 438 g/mol. The standard InChI is InChI=1S/C27H33N7O/c1-26(2)13-20(14-27(3,4)32-26)33(5)25-28-16-22(30-31-25)21-9-7-18(12-24(21)35)17-8-10-23-19(11-17)15-29-34(23)6/h7-12,15-16,20,32,35H,13-14H2,1-6H3. The molecule has 0 atom stereocenters. The SMILES string of the molecule is CN(c1ncc(-c2ccc(-c3ccc4c(cnn4C)c3)cc2O)nn1)C1CC(C)(C)NC(C)(C)C1. The van der Waals surface area contributed by atoms with Gasteiger partial charge in [0.1, 0.15) is 11.4 Å². The Hall–Kier alpha value is -3.52. The van der Waals surface area contributed by atoms with E-state index in [1.54, 1.807) is 12.3 Å². The van der Waals surface area contributed by atoms with E-state index < -0.39 is 0 Å². The van der Waals surface area contributed by atoms with E-state index in [2.05, 4.69) is 64.3 Å². The van der Waals surface area contributed by atoms with Crippen LogP contribution in [0.15, 0.2) is 48.8 Å². The Morgan fingerprint density at radius 1 is 0.971 bits per heavy atom. The first kappa shape index (κ1) is 23.2. The molecule has 2 N–H and O–H groups in total. The fourth-order valence-corrected chi connectivity index (χ4v) is 5.53. The molecule has 0 aliphatic carbocycles.